The molecule has 8 nitrogen and oxygen atoms in total. The molecule has 0 aliphatic carbocycles. The van der Waals surface area contributed by atoms with Crippen LogP contribution in [-0.2, 0) is 16.0 Å². The third-order valence-corrected chi connectivity index (χ3v) is 7.72. The highest BCUT2D eigenvalue weighted by atomic mass is 31.1. The van der Waals surface area contributed by atoms with Crippen LogP contribution < -0.4 is 10.6 Å². The van der Waals surface area contributed by atoms with Crippen LogP contribution in [0.2, 0.25) is 0 Å². The van der Waals surface area contributed by atoms with E-state index >= 15 is 0 Å². The van der Waals surface area contributed by atoms with Gasteiger partial charge in [-0.25, -0.2) is 15.0 Å². The topological polar surface area (TPSA) is 111 Å². The lowest BCUT2D eigenvalue weighted by atomic mass is 10.0. The van der Waals surface area contributed by atoms with Crippen molar-refractivity contribution >= 4 is 30.7 Å². The smallest absolute Gasteiger partial charge is 0.208 e. The predicted molar refractivity (Wildman–Crippen MR) is 154 cm³/mol. The average molecular weight is 536 g/mol. The monoisotopic (exact) mass is 535 g/mol. The van der Waals surface area contributed by atoms with E-state index in [1.54, 1.807) is 6.33 Å². The van der Waals surface area contributed by atoms with Gasteiger partial charge in [0.25, 0.3) is 0 Å². The summed E-state index contributed by atoms with van der Waals surface area (Å²) < 4.78 is 13.3. The van der Waals surface area contributed by atoms with E-state index in [0.717, 1.165) is 19.4 Å². The summed E-state index contributed by atoms with van der Waals surface area (Å²) in [6.45, 7) is 6.20. The highest BCUT2D eigenvalue weighted by Gasteiger charge is 2.11. The Labute approximate surface area is 225 Å². The molecule has 2 heterocycles. The van der Waals surface area contributed by atoms with Crippen LogP contribution in [-0.4, -0.2) is 51.0 Å². The van der Waals surface area contributed by atoms with E-state index in [0.29, 0.717) is 36.3 Å². The van der Waals surface area contributed by atoms with Crippen LogP contribution in [0.3, 0.4) is 0 Å². The van der Waals surface area contributed by atoms with Gasteiger partial charge in [0.1, 0.15) is 18.0 Å². The Bertz CT molecular complexity index is 877. The van der Waals surface area contributed by atoms with E-state index < -0.39 is 7.77 Å². The first-order chi connectivity index (χ1) is 18.1. The molecule has 2 atom stereocenters. The molecule has 0 saturated carbocycles. The standard InChI is InChI=1S/C28H50N5O3P/c1-3-4-5-6-7-8-9-10-11-12-13-14-15-16-18-35-19-17-20-37(34)24-36-25(2)21-33-23-32-26-27(29)30-22-31-28(26)33/h22-25H,3-21H2,1-2H3,(H2,29,30,31). The summed E-state index contributed by atoms with van der Waals surface area (Å²) in [6, 6.07) is 0. The number of fused-ring (bicyclic) bond motifs is 1. The number of aromatic nitrogens is 4. The molecule has 2 rings (SSSR count). The van der Waals surface area contributed by atoms with Gasteiger partial charge in [0.2, 0.25) is 5.98 Å². The fourth-order valence-corrected chi connectivity index (χ4v) is 5.29. The third kappa shape index (κ3) is 14.2. The van der Waals surface area contributed by atoms with Crippen molar-refractivity contribution in [3.05, 3.63) is 12.7 Å². The molecule has 2 unspecified atom stereocenters. The van der Waals surface area contributed by atoms with E-state index in [9.17, 15) is 4.89 Å². The van der Waals surface area contributed by atoms with Gasteiger partial charge in [-0.2, -0.15) is 0 Å². The normalized spacial score (nSPS) is 13.0. The number of rotatable bonds is 23. The molecule has 0 amide bonds. The Kier molecular flexibility index (Phi) is 17.4. The lowest BCUT2D eigenvalue weighted by Crippen LogP contribution is -2.16. The molecule has 2 aromatic heterocycles. The Morgan fingerprint density at radius 1 is 0.892 bits per heavy atom. The molecule has 2 N–H and O–H groups in total. The van der Waals surface area contributed by atoms with Gasteiger partial charge in [0.05, 0.1) is 33.4 Å². The van der Waals surface area contributed by atoms with Crippen molar-refractivity contribution in [3.8, 4) is 0 Å². The second kappa shape index (κ2) is 20.4. The van der Waals surface area contributed by atoms with Crippen molar-refractivity contribution in [3.63, 3.8) is 0 Å². The molecular weight excluding hydrogens is 485 g/mol. The molecule has 0 fully saturated rings. The highest BCUT2D eigenvalue weighted by molar-refractivity contribution is 7.49. The number of nitrogens with two attached hydrogens (primary N) is 1. The first kappa shape index (κ1) is 31.6. The molecule has 0 bridgehead atoms. The van der Waals surface area contributed by atoms with Crippen LogP contribution in [0.25, 0.3) is 11.2 Å². The van der Waals surface area contributed by atoms with E-state index in [4.69, 9.17) is 15.2 Å². The molecule has 0 saturated heterocycles. The van der Waals surface area contributed by atoms with Gasteiger partial charge in [0.15, 0.2) is 11.5 Å². The predicted octanol–water partition coefficient (Wildman–Crippen LogP) is 6.22. The highest BCUT2D eigenvalue weighted by Crippen LogP contribution is 2.16. The zero-order valence-corrected chi connectivity index (χ0v) is 24.2. The minimum atomic E-state index is -1.51. The van der Waals surface area contributed by atoms with Gasteiger partial charge in [0, 0.05) is 13.0 Å². The van der Waals surface area contributed by atoms with Crippen LogP contribution in [0.4, 0.5) is 5.82 Å². The first-order valence-corrected chi connectivity index (χ1v) is 16.0. The summed E-state index contributed by atoms with van der Waals surface area (Å²) in [6.07, 6.45) is 23.4. The zero-order valence-electron chi connectivity index (χ0n) is 23.3. The minimum Gasteiger partial charge on any atom is -0.629 e. The summed E-state index contributed by atoms with van der Waals surface area (Å²) in [5, 5.41) is 0. The number of nitrogens with zero attached hydrogens (tertiary/aromatic N) is 4. The van der Waals surface area contributed by atoms with Crippen LogP contribution in [0.15, 0.2) is 12.7 Å². The molecule has 0 spiro atoms. The van der Waals surface area contributed by atoms with Crippen molar-refractivity contribution in [2.45, 2.75) is 123 Å². The number of anilines is 1. The summed E-state index contributed by atoms with van der Waals surface area (Å²) in [5.74, 6) is 1.83. The van der Waals surface area contributed by atoms with E-state index in [2.05, 4.69) is 21.9 Å². The number of imidazole rings is 1. The molecule has 210 valence electrons. The quantitative estimate of drug-likeness (QED) is 0.133. The largest absolute Gasteiger partial charge is 0.629 e. The molecule has 0 aliphatic rings. The van der Waals surface area contributed by atoms with Crippen LogP contribution in [0.5, 0.6) is 0 Å². The van der Waals surface area contributed by atoms with Crippen molar-refractivity contribution in [1.82, 2.24) is 19.5 Å². The third-order valence-electron chi connectivity index (χ3n) is 6.60. The van der Waals surface area contributed by atoms with Crippen LogP contribution in [0, 0.1) is 0 Å². The molecule has 0 aliphatic heterocycles. The zero-order chi connectivity index (χ0) is 26.6. The van der Waals surface area contributed by atoms with Crippen molar-refractivity contribution < 1.29 is 14.4 Å². The molecule has 2 aromatic rings. The first-order valence-electron chi connectivity index (χ1n) is 14.5. The lowest BCUT2D eigenvalue weighted by Gasteiger charge is -2.10. The molecule has 0 aromatic carbocycles. The van der Waals surface area contributed by atoms with Gasteiger partial charge < -0.3 is 24.7 Å². The summed E-state index contributed by atoms with van der Waals surface area (Å²) in [4.78, 5) is 24.7. The SMILES string of the molecule is CCCCCCCCCCCCCCCCOCCC/[P+]([O-])=C/OC(C)Cn1cnc2c(N)ncnc21. The summed E-state index contributed by atoms with van der Waals surface area (Å²) in [5.41, 5.74) is 7.08. The summed E-state index contributed by atoms with van der Waals surface area (Å²) in [7, 11) is -1.51. The Hall–Kier alpha value is -1.60. The maximum Gasteiger partial charge on any atom is 0.208 e. The minimum absolute atomic E-state index is 0.163. The second-order valence-electron chi connectivity index (χ2n) is 10.1. The maximum absolute atomic E-state index is 12.2. The lowest BCUT2D eigenvalue weighted by molar-refractivity contribution is -0.153. The number of unbranched alkanes of at least 4 members (excludes halogenated alkanes) is 13. The molecule has 37 heavy (non-hydrogen) atoms. The van der Waals surface area contributed by atoms with E-state index in [-0.39, 0.29) is 6.10 Å². The van der Waals surface area contributed by atoms with Gasteiger partial charge >= 0.3 is 0 Å². The van der Waals surface area contributed by atoms with E-state index in [1.807, 2.05) is 11.5 Å². The molecular formula is C28H50N5O3P. The van der Waals surface area contributed by atoms with Crippen molar-refractivity contribution in [1.29, 1.82) is 0 Å². The van der Waals surface area contributed by atoms with Gasteiger partial charge in [-0.3, -0.25) is 0 Å². The second-order valence-corrected chi connectivity index (χ2v) is 11.6. The number of hydrogen-bond acceptors (Lipinski definition) is 7. The van der Waals surface area contributed by atoms with Gasteiger partial charge in [-0.1, -0.05) is 90.4 Å². The molecule has 0 radical (unpaired) electrons. The summed E-state index contributed by atoms with van der Waals surface area (Å²) >= 11 is 0. The Morgan fingerprint density at radius 2 is 1.49 bits per heavy atom. The Balaban J connectivity index is 1.38. The van der Waals surface area contributed by atoms with Gasteiger partial charge in [-0.15, -0.1) is 0 Å². The van der Waals surface area contributed by atoms with Crippen molar-refractivity contribution in [2.24, 2.45) is 0 Å². The Morgan fingerprint density at radius 3 is 2.14 bits per heavy atom. The fraction of sp³-hybridized carbons (Fsp3) is 0.786. The van der Waals surface area contributed by atoms with Crippen molar-refractivity contribution in [2.75, 3.05) is 25.1 Å². The number of ether oxygens (including phenoxy) is 2. The van der Waals surface area contributed by atoms with Crippen LogP contribution in [0.1, 0.15) is 110 Å². The maximum atomic E-state index is 12.2. The number of hydrogen-bond donors (Lipinski definition) is 1. The molecule has 9 heteroatoms. The average Bonchev–Trinajstić information content (AvgIpc) is 3.30. The van der Waals surface area contributed by atoms with Gasteiger partial charge in [-0.05, 0) is 13.3 Å². The van der Waals surface area contributed by atoms with E-state index in [1.165, 1.54) is 95.8 Å². The fourth-order valence-electron chi connectivity index (χ4n) is 4.40. The van der Waals surface area contributed by atoms with Crippen LogP contribution >= 0.6 is 7.77 Å². The number of nitrogen functional groups attached to an aromatic ring is 1.